The summed E-state index contributed by atoms with van der Waals surface area (Å²) in [6.07, 6.45) is 0.880. The fraction of sp³-hybridized carbons (Fsp3) is 0.591. The summed E-state index contributed by atoms with van der Waals surface area (Å²) in [6.45, 7) is 2.47. The predicted molar refractivity (Wildman–Crippen MR) is 119 cm³/mol. The van der Waals surface area contributed by atoms with Crippen LogP contribution in [0.1, 0.15) is 25.3 Å². The SMILES string of the molecule is Cn1c(=O)n(C2CCC(=O)NC2=O)c2cccc(N3CCN(C4CCNCC4(F)F)CC3)c21. The summed E-state index contributed by atoms with van der Waals surface area (Å²) < 4.78 is 31.8. The maximum absolute atomic E-state index is 14.4. The largest absolute Gasteiger partial charge is 0.367 e. The average molecular weight is 463 g/mol. The van der Waals surface area contributed by atoms with Crippen molar-refractivity contribution in [2.45, 2.75) is 37.3 Å². The van der Waals surface area contributed by atoms with Crippen molar-refractivity contribution in [1.29, 1.82) is 0 Å². The number of amides is 2. The van der Waals surface area contributed by atoms with Crippen LogP contribution in [0, 0.1) is 0 Å². The lowest BCUT2D eigenvalue weighted by atomic mass is 9.99. The third-order valence-corrected chi connectivity index (χ3v) is 7.14. The van der Waals surface area contributed by atoms with Gasteiger partial charge in [-0.2, -0.15) is 0 Å². The van der Waals surface area contributed by atoms with Gasteiger partial charge in [0.1, 0.15) is 6.04 Å². The lowest BCUT2D eigenvalue weighted by Crippen LogP contribution is -2.61. The zero-order valence-electron chi connectivity index (χ0n) is 18.5. The van der Waals surface area contributed by atoms with Crippen LogP contribution in [0.3, 0.4) is 0 Å². The van der Waals surface area contributed by atoms with E-state index in [4.69, 9.17) is 0 Å². The van der Waals surface area contributed by atoms with Crippen LogP contribution in [0.4, 0.5) is 14.5 Å². The van der Waals surface area contributed by atoms with Crippen molar-refractivity contribution in [2.24, 2.45) is 7.05 Å². The van der Waals surface area contributed by atoms with Gasteiger partial charge in [0, 0.05) is 39.6 Å². The van der Waals surface area contributed by atoms with Crippen LogP contribution < -0.4 is 21.2 Å². The highest BCUT2D eigenvalue weighted by atomic mass is 19.3. The van der Waals surface area contributed by atoms with Crippen molar-refractivity contribution in [3.05, 3.63) is 28.7 Å². The van der Waals surface area contributed by atoms with Gasteiger partial charge in [0.2, 0.25) is 11.8 Å². The molecule has 33 heavy (non-hydrogen) atoms. The first-order valence-corrected chi connectivity index (χ1v) is 11.4. The standard InChI is InChI=1S/C22H28F2N6O3/c1-27-19-14(28-9-11-29(12-10-28)17-7-8-25-13-22(17,23)24)3-2-4-15(19)30(21(27)33)16-5-6-18(31)26-20(16)32/h2-4,16-17,25H,5-13H2,1H3,(H,26,31,32). The molecular weight excluding hydrogens is 434 g/mol. The first-order valence-electron chi connectivity index (χ1n) is 11.4. The van der Waals surface area contributed by atoms with Crippen LogP contribution in [0.15, 0.2) is 23.0 Å². The molecule has 5 rings (SSSR count). The van der Waals surface area contributed by atoms with E-state index in [2.05, 4.69) is 15.5 Å². The van der Waals surface area contributed by atoms with Gasteiger partial charge in [-0.05, 0) is 31.5 Å². The van der Waals surface area contributed by atoms with Crippen molar-refractivity contribution >= 4 is 28.5 Å². The highest BCUT2D eigenvalue weighted by Gasteiger charge is 2.45. The van der Waals surface area contributed by atoms with Crippen molar-refractivity contribution in [3.63, 3.8) is 0 Å². The molecule has 3 fully saturated rings. The Balaban J connectivity index is 1.43. The van der Waals surface area contributed by atoms with Gasteiger partial charge in [0.25, 0.3) is 5.92 Å². The van der Waals surface area contributed by atoms with Crippen molar-refractivity contribution in [3.8, 4) is 0 Å². The fourth-order valence-electron chi connectivity index (χ4n) is 5.45. The molecule has 2 amide bonds. The highest BCUT2D eigenvalue weighted by molar-refractivity contribution is 6.00. The fourth-order valence-corrected chi connectivity index (χ4v) is 5.45. The quantitative estimate of drug-likeness (QED) is 0.644. The summed E-state index contributed by atoms with van der Waals surface area (Å²) in [7, 11) is 1.67. The number of fused-ring (bicyclic) bond motifs is 1. The normalized spacial score (nSPS) is 26.6. The number of para-hydroxylation sites is 1. The molecule has 0 bridgehead atoms. The number of aryl methyl sites for hydroxylation is 1. The number of aromatic nitrogens is 2. The zero-order valence-corrected chi connectivity index (χ0v) is 18.5. The van der Waals surface area contributed by atoms with Gasteiger partial charge >= 0.3 is 5.69 Å². The Morgan fingerprint density at radius 2 is 1.82 bits per heavy atom. The second-order valence-corrected chi connectivity index (χ2v) is 9.09. The topological polar surface area (TPSA) is 91.6 Å². The van der Waals surface area contributed by atoms with Gasteiger partial charge in [-0.3, -0.25) is 28.9 Å². The molecule has 1 aromatic heterocycles. The minimum Gasteiger partial charge on any atom is -0.367 e. The molecule has 178 valence electrons. The molecule has 3 aliphatic rings. The number of alkyl halides is 2. The first-order chi connectivity index (χ1) is 15.8. The average Bonchev–Trinajstić information content (AvgIpc) is 3.04. The van der Waals surface area contributed by atoms with E-state index in [-0.39, 0.29) is 31.0 Å². The number of anilines is 1. The lowest BCUT2D eigenvalue weighted by Gasteiger charge is -2.44. The second-order valence-electron chi connectivity index (χ2n) is 9.09. The number of benzene rings is 1. The number of piperidine rings is 2. The Labute approximate surface area is 189 Å². The zero-order chi connectivity index (χ0) is 23.3. The van der Waals surface area contributed by atoms with Gasteiger partial charge < -0.3 is 10.2 Å². The van der Waals surface area contributed by atoms with Gasteiger partial charge in [-0.1, -0.05) is 6.07 Å². The molecule has 9 nitrogen and oxygen atoms in total. The number of carbonyl (C=O) groups is 2. The number of carbonyl (C=O) groups excluding carboxylic acids is 2. The maximum Gasteiger partial charge on any atom is 0.329 e. The minimum atomic E-state index is -2.75. The number of rotatable bonds is 3. The molecule has 11 heteroatoms. The van der Waals surface area contributed by atoms with Crippen LogP contribution in [0.2, 0.25) is 0 Å². The Morgan fingerprint density at radius 1 is 1.06 bits per heavy atom. The van der Waals surface area contributed by atoms with E-state index in [9.17, 15) is 23.2 Å². The van der Waals surface area contributed by atoms with E-state index in [0.29, 0.717) is 50.2 Å². The molecule has 1 aromatic carbocycles. The summed E-state index contributed by atoms with van der Waals surface area (Å²) in [4.78, 5) is 41.1. The van der Waals surface area contributed by atoms with Crippen molar-refractivity contribution in [1.82, 2.24) is 24.7 Å². The summed E-state index contributed by atoms with van der Waals surface area (Å²) in [5.41, 5.74) is 1.85. The van der Waals surface area contributed by atoms with Crippen LogP contribution in [-0.2, 0) is 16.6 Å². The van der Waals surface area contributed by atoms with Crippen molar-refractivity contribution in [2.75, 3.05) is 44.2 Å². The van der Waals surface area contributed by atoms with E-state index in [0.717, 1.165) is 5.69 Å². The molecule has 4 heterocycles. The number of imidazole rings is 1. The van der Waals surface area contributed by atoms with Crippen LogP contribution in [-0.4, -0.2) is 77.1 Å². The molecular formula is C22H28F2N6O3. The number of nitrogens with one attached hydrogen (secondary N) is 2. The highest BCUT2D eigenvalue weighted by Crippen LogP contribution is 2.32. The van der Waals surface area contributed by atoms with Gasteiger partial charge in [-0.15, -0.1) is 0 Å². The van der Waals surface area contributed by atoms with E-state index < -0.39 is 23.9 Å². The van der Waals surface area contributed by atoms with Crippen molar-refractivity contribution < 1.29 is 18.4 Å². The van der Waals surface area contributed by atoms with Crippen LogP contribution in [0.25, 0.3) is 11.0 Å². The summed E-state index contributed by atoms with van der Waals surface area (Å²) in [5, 5.41) is 5.10. The van der Waals surface area contributed by atoms with E-state index in [1.165, 1.54) is 9.13 Å². The monoisotopic (exact) mass is 462 g/mol. The predicted octanol–water partition coefficient (Wildman–Crippen LogP) is 0.437. The summed E-state index contributed by atoms with van der Waals surface area (Å²) in [5.74, 6) is -3.55. The smallest absolute Gasteiger partial charge is 0.329 e. The number of nitrogens with zero attached hydrogens (tertiary/aromatic N) is 4. The molecule has 0 saturated carbocycles. The number of halogens is 2. The Hall–Kier alpha value is -2.79. The maximum atomic E-state index is 14.4. The Kier molecular flexibility index (Phi) is 5.48. The lowest BCUT2D eigenvalue weighted by molar-refractivity contribution is -0.135. The number of imide groups is 1. The molecule has 2 aromatic rings. The van der Waals surface area contributed by atoms with Gasteiger partial charge in [0.05, 0.1) is 29.3 Å². The minimum absolute atomic E-state index is 0.183. The molecule has 3 saturated heterocycles. The third kappa shape index (κ3) is 3.72. The molecule has 2 N–H and O–H groups in total. The van der Waals surface area contributed by atoms with E-state index in [1.807, 2.05) is 17.0 Å². The summed E-state index contributed by atoms with van der Waals surface area (Å²) >= 11 is 0. The van der Waals surface area contributed by atoms with Gasteiger partial charge in [0.15, 0.2) is 0 Å². The number of piperazine rings is 1. The number of hydrogen-bond donors (Lipinski definition) is 2. The first kappa shape index (κ1) is 22.0. The molecule has 0 spiro atoms. The summed E-state index contributed by atoms with van der Waals surface area (Å²) in [6, 6.07) is 4.07. The molecule has 0 radical (unpaired) electrons. The Bertz CT molecular complexity index is 1150. The molecule has 2 unspecified atom stereocenters. The number of hydrogen-bond acceptors (Lipinski definition) is 6. The Morgan fingerprint density at radius 3 is 2.52 bits per heavy atom. The molecule has 3 aliphatic heterocycles. The molecule has 2 atom stereocenters. The van der Waals surface area contributed by atoms with E-state index in [1.54, 1.807) is 13.1 Å². The van der Waals surface area contributed by atoms with Gasteiger partial charge in [-0.25, -0.2) is 13.6 Å². The second kappa shape index (κ2) is 8.21. The van der Waals surface area contributed by atoms with Crippen LogP contribution >= 0.6 is 0 Å². The third-order valence-electron chi connectivity index (χ3n) is 7.14. The van der Waals surface area contributed by atoms with E-state index >= 15 is 0 Å². The molecule has 0 aliphatic carbocycles. The van der Waals surface area contributed by atoms with Crippen LogP contribution in [0.5, 0.6) is 0 Å².